The number of nitrogens with one attached hydrogen (secondary N) is 1. The molecule has 30 heavy (non-hydrogen) atoms. The van der Waals surface area contributed by atoms with Crippen molar-refractivity contribution < 1.29 is 9.59 Å². The third-order valence-electron chi connectivity index (χ3n) is 7.30. The zero-order valence-electron chi connectivity index (χ0n) is 16.7. The topological polar surface area (TPSA) is 46.2 Å². The summed E-state index contributed by atoms with van der Waals surface area (Å²) < 4.78 is 0. The number of hydrogen-bond acceptors (Lipinski definition) is 2. The fourth-order valence-electron chi connectivity index (χ4n) is 6.01. The van der Waals surface area contributed by atoms with Gasteiger partial charge in [0, 0.05) is 30.4 Å². The minimum atomic E-state index is -0.353. The fourth-order valence-corrected chi connectivity index (χ4v) is 6.01. The Balaban J connectivity index is 1.26. The van der Waals surface area contributed by atoms with Gasteiger partial charge >= 0.3 is 0 Å². The van der Waals surface area contributed by atoms with Gasteiger partial charge in [-0.25, -0.2) is 0 Å². The van der Waals surface area contributed by atoms with Crippen molar-refractivity contribution in [2.24, 2.45) is 5.92 Å². The standard InChI is InChI=1S/C27H23NO2/c29-25-14-24(17-7-1-4-10-20(17)25)27(30)28-15-16-13-23-18-8-2-5-11-21(18)26(16)22-12-6-3-9-19(22)23/h1-12,16,23-24,26H,13-15H2,(H,28,30). The van der Waals surface area contributed by atoms with Crippen molar-refractivity contribution in [2.75, 3.05) is 6.54 Å². The highest BCUT2D eigenvalue weighted by Gasteiger charge is 2.43. The van der Waals surface area contributed by atoms with E-state index < -0.39 is 0 Å². The second kappa shape index (κ2) is 6.66. The summed E-state index contributed by atoms with van der Waals surface area (Å²) in [6.45, 7) is 0.648. The van der Waals surface area contributed by atoms with E-state index in [-0.39, 0.29) is 24.0 Å². The van der Waals surface area contributed by atoms with Crippen LogP contribution in [-0.4, -0.2) is 18.2 Å². The summed E-state index contributed by atoms with van der Waals surface area (Å²) in [5, 5.41) is 3.21. The highest BCUT2D eigenvalue weighted by Crippen LogP contribution is 2.55. The van der Waals surface area contributed by atoms with E-state index in [4.69, 9.17) is 0 Å². The molecule has 0 spiro atoms. The number of fused-ring (bicyclic) bond motifs is 2. The average Bonchev–Trinajstić information content (AvgIpc) is 3.14. The molecular formula is C27H23NO2. The van der Waals surface area contributed by atoms with Crippen molar-refractivity contribution in [3.8, 4) is 0 Å². The van der Waals surface area contributed by atoms with E-state index in [0.29, 0.717) is 29.9 Å². The first-order chi connectivity index (χ1) is 14.7. The first-order valence-electron chi connectivity index (χ1n) is 10.8. The maximum Gasteiger partial charge on any atom is 0.228 e. The minimum absolute atomic E-state index is 0.0173. The normalized spacial score (nSPS) is 25.4. The minimum Gasteiger partial charge on any atom is -0.355 e. The molecular weight excluding hydrogens is 370 g/mol. The van der Waals surface area contributed by atoms with Gasteiger partial charge in [0.05, 0.1) is 5.92 Å². The summed E-state index contributed by atoms with van der Waals surface area (Å²) >= 11 is 0. The molecule has 3 aromatic carbocycles. The van der Waals surface area contributed by atoms with Crippen LogP contribution in [-0.2, 0) is 4.79 Å². The van der Waals surface area contributed by atoms with Gasteiger partial charge in [0.1, 0.15) is 0 Å². The SMILES string of the molecule is O=C1CC(C(=O)NCC2CC3c4ccccc4C2c2ccccc23)c2ccccc21. The molecule has 0 radical (unpaired) electrons. The Morgan fingerprint density at radius 3 is 2.03 bits per heavy atom. The van der Waals surface area contributed by atoms with Crippen LogP contribution in [0.3, 0.4) is 0 Å². The van der Waals surface area contributed by atoms with Crippen LogP contribution >= 0.6 is 0 Å². The molecule has 0 saturated heterocycles. The summed E-state index contributed by atoms with van der Waals surface area (Å²) in [7, 11) is 0. The number of carbonyl (C=O) groups excluding carboxylic acids is 2. The molecule has 0 saturated carbocycles. The number of hydrogen-bond donors (Lipinski definition) is 1. The smallest absolute Gasteiger partial charge is 0.228 e. The number of rotatable bonds is 3. The van der Waals surface area contributed by atoms with E-state index in [0.717, 1.165) is 12.0 Å². The monoisotopic (exact) mass is 393 g/mol. The number of ketones is 1. The molecule has 2 unspecified atom stereocenters. The molecule has 1 N–H and O–H groups in total. The van der Waals surface area contributed by atoms with Crippen molar-refractivity contribution in [3.63, 3.8) is 0 Å². The molecule has 2 bridgehead atoms. The van der Waals surface area contributed by atoms with Gasteiger partial charge in [0.25, 0.3) is 0 Å². The summed E-state index contributed by atoms with van der Waals surface area (Å²) in [6.07, 6.45) is 1.34. The Hall–Kier alpha value is -3.20. The quantitative estimate of drug-likeness (QED) is 0.697. The van der Waals surface area contributed by atoms with Crippen LogP contribution in [0.2, 0.25) is 0 Å². The zero-order chi connectivity index (χ0) is 20.2. The summed E-state index contributed by atoms with van der Waals surface area (Å²) in [4.78, 5) is 25.3. The highest BCUT2D eigenvalue weighted by atomic mass is 16.2. The summed E-state index contributed by atoms with van der Waals surface area (Å²) in [5.41, 5.74) is 7.29. The van der Waals surface area contributed by atoms with Crippen LogP contribution in [0.4, 0.5) is 0 Å². The van der Waals surface area contributed by atoms with E-state index in [2.05, 4.69) is 53.8 Å². The summed E-state index contributed by atoms with van der Waals surface area (Å²) in [6, 6.07) is 25.1. The van der Waals surface area contributed by atoms with Gasteiger partial charge in [0.2, 0.25) is 5.91 Å². The van der Waals surface area contributed by atoms with E-state index in [9.17, 15) is 9.59 Å². The largest absolute Gasteiger partial charge is 0.355 e. The van der Waals surface area contributed by atoms with Gasteiger partial charge in [-0.2, -0.15) is 0 Å². The van der Waals surface area contributed by atoms with Crippen molar-refractivity contribution >= 4 is 11.7 Å². The molecule has 148 valence electrons. The third kappa shape index (κ3) is 2.51. The predicted octanol–water partition coefficient (Wildman–Crippen LogP) is 4.77. The molecule has 3 nitrogen and oxygen atoms in total. The number of benzene rings is 3. The number of amides is 1. The Kier molecular flexibility index (Phi) is 3.92. The summed E-state index contributed by atoms with van der Waals surface area (Å²) in [5.74, 6) is 0.796. The van der Waals surface area contributed by atoms with Crippen LogP contribution in [0, 0.1) is 5.92 Å². The Labute approximate surface area is 176 Å². The molecule has 1 amide bonds. The Morgan fingerprint density at radius 1 is 0.800 bits per heavy atom. The maximum atomic E-state index is 13.0. The molecule has 4 aliphatic carbocycles. The van der Waals surface area contributed by atoms with Gasteiger partial charge in [-0.05, 0) is 40.2 Å². The van der Waals surface area contributed by atoms with Crippen LogP contribution in [0.15, 0.2) is 72.8 Å². The third-order valence-corrected chi connectivity index (χ3v) is 7.30. The number of carbonyl (C=O) groups is 2. The van der Waals surface area contributed by atoms with Crippen molar-refractivity contribution in [3.05, 3.63) is 106 Å². The lowest BCUT2D eigenvalue weighted by atomic mass is 9.59. The molecule has 2 atom stereocenters. The zero-order valence-corrected chi connectivity index (χ0v) is 16.7. The molecule has 0 aliphatic heterocycles. The lowest BCUT2D eigenvalue weighted by Crippen LogP contribution is -2.40. The second-order valence-corrected chi connectivity index (χ2v) is 8.80. The van der Waals surface area contributed by atoms with Gasteiger partial charge < -0.3 is 5.32 Å². The molecule has 0 heterocycles. The van der Waals surface area contributed by atoms with Crippen molar-refractivity contribution in [1.29, 1.82) is 0 Å². The molecule has 0 aromatic heterocycles. The predicted molar refractivity (Wildman–Crippen MR) is 116 cm³/mol. The lowest BCUT2D eigenvalue weighted by molar-refractivity contribution is -0.122. The highest BCUT2D eigenvalue weighted by molar-refractivity contribution is 6.06. The van der Waals surface area contributed by atoms with Gasteiger partial charge in [-0.1, -0.05) is 72.8 Å². The average molecular weight is 393 g/mol. The van der Waals surface area contributed by atoms with Crippen molar-refractivity contribution in [1.82, 2.24) is 5.32 Å². The van der Waals surface area contributed by atoms with Crippen LogP contribution in [0.1, 0.15) is 68.8 Å². The van der Waals surface area contributed by atoms with E-state index >= 15 is 0 Å². The maximum absolute atomic E-state index is 13.0. The first kappa shape index (κ1) is 17.6. The van der Waals surface area contributed by atoms with E-state index in [1.54, 1.807) is 0 Å². The Morgan fingerprint density at radius 2 is 1.37 bits per heavy atom. The molecule has 0 fully saturated rings. The molecule has 4 aliphatic rings. The lowest BCUT2D eigenvalue weighted by Gasteiger charge is -2.45. The second-order valence-electron chi connectivity index (χ2n) is 8.80. The molecule has 3 heteroatoms. The van der Waals surface area contributed by atoms with Gasteiger partial charge in [-0.15, -0.1) is 0 Å². The van der Waals surface area contributed by atoms with Crippen LogP contribution in [0.25, 0.3) is 0 Å². The van der Waals surface area contributed by atoms with E-state index in [1.807, 2.05) is 24.3 Å². The fraction of sp³-hybridized carbons (Fsp3) is 0.259. The van der Waals surface area contributed by atoms with Gasteiger partial charge in [0.15, 0.2) is 5.78 Å². The Bertz CT molecular complexity index is 1130. The first-order valence-corrected chi connectivity index (χ1v) is 10.8. The van der Waals surface area contributed by atoms with Crippen molar-refractivity contribution in [2.45, 2.75) is 30.6 Å². The molecule has 7 rings (SSSR count). The van der Waals surface area contributed by atoms with E-state index in [1.165, 1.54) is 22.3 Å². The van der Waals surface area contributed by atoms with Crippen LogP contribution < -0.4 is 5.32 Å². The van der Waals surface area contributed by atoms with Crippen LogP contribution in [0.5, 0.6) is 0 Å². The van der Waals surface area contributed by atoms with Gasteiger partial charge in [-0.3, -0.25) is 9.59 Å². The molecule has 3 aromatic rings. The number of Topliss-reactive ketones (excluding diaryl/α,β-unsaturated/α-hetero) is 1.